The first-order valence-corrected chi connectivity index (χ1v) is 12.4. The van der Waals surface area contributed by atoms with E-state index in [1.807, 2.05) is 6.08 Å². The highest BCUT2D eigenvalue weighted by atomic mass is 16.7. The molecule has 0 aromatic carbocycles. The quantitative estimate of drug-likeness (QED) is 0.134. The van der Waals surface area contributed by atoms with Crippen LogP contribution in [-0.4, -0.2) is 81.6 Å². The van der Waals surface area contributed by atoms with Gasteiger partial charge in [0.15, 0.2) is 6.29 Å². The monoisotopic (exact) mass is 461 g/mol. The van der Waals surface area contributed by atoms with Gasteiger partial charge < -0.3 is 40.7 Å². The van der Waals surface area contributed by atoms with E-state index in [0.717, 1.165) is 12.8 Å². The maximum Gasteiger partial charge on any atom is 0.186 e. The average Bonchev–Trinajstić information content (AvgIpc) is 2.79. The van der Waals surface area contributed by atoms with Crippen LogP contribution in [0.25, 0.3) is 0 Å². The number of unbranched alkanes of at least 4 members (excludes halogenated alkanes) is 11. The number of hydrogen-bond donors (Lipinski definition) is 6. The summed E-state index contributed by atoms with van der Waals surface area (Å²) in [6, 6.07) is -0.740. The van der Waals surface area contributed by atoms with Crippen LogP contribution in [-0.2, 0) is 9.47 Å². The molecule has 0 aliphatic carbocycles. The summed E-state index contributed by atoms with van der Waals surface area (Å²) in [6.45, 7) is 1.60. The lowest BCUT2D eigenvalue weighted by molar-refractivity contribution is -0.302. The molecule has 0 spiro atoms. The molecule has 1 heterocycles. The van der Waals surface area contributed by atoms with Crippen LogP contribution in [0, 0.1) is 0 Å². The van der Waals surface area contributed by atoms with Gasteiger partial charge in [-0.2, -0.15) is 0 Å². The summed E-state index contributed by atoms with van der Waals surface area (Å²) in [4.78, 5) is 0. The Balaban J connectivity index is 2.10. The summed E-state index contributed by atoms with van der Waals surface area (Å²) in [5, 5.41) is 48.8. The van der Waals surface area contributed by atoms with Crippen molar-refractivity contribution in [1.29, 1.82) is 0 Å². The highest BCUT2D eigenvalue weighted by Crippen LogP contribution is 2.22. The normalized spacial score (nSPS) is 28.3. The summed E-state index contributed by atoms with van der Waals surface area (Å²) in [6.07, 6.45) is 11.1. The fourth-order valence-corrected chi connectivity index (χ4v) is 3.81. The summed E-state index contributed by atoms with van der Waals surface area (Å²) < 4.78 is 10.6. The van der Waals surface area contributed by atoms with Gasteiger partial charge in [0.25, 0.3) is 0 Å². The topological polar surface area (TPSA) is 146 Å². The van der Waals surface area contributed by atoms with Gasteiger partial charge in [-0.1, -0.05) is 83.3 Å². The first-order chi connectivity index (χ1) is 15.4. The second-order valence-corrected chi connectivity index (χ2v) is 8.94. The van der Waals surface area contributed by atoms with Crippen molar-refractivity contribution in [1.82, 2.24) is 0 Å². The van der Waals surface area contributed by atoms with Crippen molar-refractivity contribution in [3.05, 3.63) is 12.2 Å². The number of ether oxygens (including phenoxy) is 2. The van der Waals surface area contributed by atoms with Crippen molar-refractivity contribution in [2.75, 3.05) is 13.2 Å². The van der Waals surface area contributed by atoms with Gasteiger partial charge in [0.05, 0.1) is 25.4 Å². The van der Waals surface area contributed by atoms with Crippen LogP contribution < -0.4 is 5.73 Å². The van der Waals surface area contributed by atoms with E-state index in [-0.39, 0.29) is 6.61 Å². The first kappa shape index (κ1) is 29.5. The summed E-state index contributed by atoms with van der Waals surface area (Å²) in [7, 11) is 0. The average molecular weight is 462 g/mol. The molecule has 1 aliphatic heterocycles. The molecule has 7 N–H and O–H groups in total. The van der Waals surface area contributed by atoms with E-state index in [2.05, 4.69) is 6.92 Å². The van der Waals surface area contributed by atoms with Crippen LogP contribution in [0.4, 0.5) is 0 Å². The smallest absolute Gasteiger partial charge is 0.186 e. The Bertz CT molecular complexity index is 477. The third-order valence-corrected chi connectivity index (χ3v) is 6.05. The molecule has 0 aromatic rings. The first-order valence-electron chi connectivity index (χ1n) is 12.4. The van der Waals surface area contributed by atoms with Gasteiger partial charge in [0.1, 0.15) is 24.4 Å². The lowest BCUT2D eigenvalue weighted by atomic mass is 9.99. The van der Waals surface area contributed by atoms with Crippen molar-refractivity contribution >= 4 is 0 Å². The van der Waals surface area contributed by atoms with Gasteiger partial charge in [-0.3, -0.25) is 0 Å². The van der Waals surface area contributed by atoms with Crippen molar-refractivity contribution in [3.8, 4) is 0 Å². The minimum absolute atomic E-state index is 0.118. The van der Waals surface area contributed by atoms with Gasteiger partial charge in [-0.25, -0.2) is 0 Å². The van der Waals surface area contributed by atoms with Crippen LogP contribution in [0.2, 0.25) is 0 Å². The van der Waals surface area contributed by atoms with Gasteiger partial charge in [-0.05, 0) is 12.8 Å². The molecule has 1 fully saturated rings. The number of aliphatic hydroxyl groups excluding tert-OH is 5. The number of nitrogens with two attached hydrogens (primary N) is 1. The molecule has 7 atom stereocenters. The lowest BCUT2D eigenvalue weighted by Crippen LogP contribution is -2.59. The molecule has 1 rings (SSSR count). The van der Waals surface area contributed by atoms with Crippen LogP contribution in [0.15, 0.2) is 12.2 Å². The molecule has 1 saturated heterocycles. The number of aliphatic hydroxyl groups is 5. The highest BCUT2D eigenvalue weighted by Gasteiger charge is 2.44. The number of rotatable bonds is 18. The van der Waals surface area contributed by atoms with Crippen molar-refractivity contribution in [3.63, 3.8) is 0 Å². The number of hydrogen-bond acceptors (Lipinski definition) is 8. The standard InChI is InChI=1S/C24H47NO7/c1-2-3-4-5-6-7-8-9-10-11-12-13-14-15-19(27)18(25)17-31-24-23(30)22(29)21(28)20(16-26)32-24/h14-15,18-24,26-30H,2-13,16-17,25H2,1H3/b15-14+. The highest BCUT2D eigenvalue weighted by molar-refractivity contribution is 4.94. The molecule has 8 heteroatoms. The van der Waals surface area contributed by atoms with Crippen LogP contribution >= 0.6 is 0 Å². The third-order valence-electron chi connectivity index (χ3n) is 6.05. The molecule has 0 bridgehead atoms. The van der Waals surface area contributed by atoms with Gasteiger partial charge >= 0.3 is 0 Å². The molecule has 0 aromatic heterocycles. The van der Waals surface area contributed by atoms with Crippen LogP contribution in [0.1, 0.15) is 84.0 Å². The zero-order valence-corrected chi connectivity index (χ0v) is 19.7. The molecular formula is C24H47NO7. The van der Waals surface area contributed by atoms with E-state index in [1.165, 1.54) is 64.2 Å². The molecule has 0 amide bonds. The van der Waals surface area contributed by atoms with Crippen LogP contribution in [0.5, 0.6) is 0 Å². The molecule has 0 radical (unpaired) electrons. The fourth-order valence-electron chi connectivity index (χ4n) is 3.81. The summed E-state index contributed by atoms with van der Waals surface area (Å²) in [5.41, 5.74) is 5.93. The van der Waals surface area contributed by atoms with E-state index in [1.54, 1.807) is 6.08 Å². The van der Waals surface area contributed by atoms with Gasteiger partial charge in [0, 0.05) is 0 Å². The zero-order chi connectivity index (χ0) is 23.8. The Labute approximate surface area is 193 Å². The minimum atomic E-state index is -1.50. The largest absolute Gasteiger partial charge is 0.394 e. The molecule has 190 valence electrons. The number of allylic oxidation sites excluding steroid dienone is 1. The van der Waals surface area contributed by atoms with Crippen molar-refractivity contribution in [2.24, 2.45) is 5.73 Å². The van der Waals surface area contributed by atoms with E-state index in [9.17, 15) is 25.5 Å². The van der Waals surface area contributed by atoms with Gasteiger partial charge in [0.2, 0.25) is 0 Å². The van der Waals surface area contributed by atoms with E-state index in [0.29, 0.717) is 0 Å². The fraction of sp³-hybridized carbons (Fsp3) is 0.917. The Morgan fingerprint density at radius 3 is 2.00 bits per heavy atom. The predicted octanol–water partition coefficient (Wildman–Crippen LogP) is 1.75. The maximum absolute atomic E-state index is 10.2. The second-order valence-electron chi connectivity index (χ2n) is 8.94. The predicted molar refractivity (Wildman–Crippen MR) is 124 cm³/mol. The summed E-state index contributed by atoms with van der Waals surface area (Å²) >= 11 is 0. The molecule has 0 saturated carbocycles. The van der Waals surface area contributed by atoms with Gasteiger partial charge in [-0.15, -0.1) is 0 Å². The molecule has 1 aliphatic rings. The Morgan fingerprint density at radius 2 is 1.44 bits per heavy atom. The maximum atomic E-state index is 10.2. The molecule has 8 nitrogen and oxygen atoms in total. The van der Waals surface area contributed by atoms with E-state index >= 15 is 0 Å². The Kier molecular flexibility index (Phi) is 16.4. The molecule has 7 unspecified atom stereocenters. The SMILES string of the molecule is CCCCCCCCCCCCC/C=C/C(O)C(N)COC1OC(CO)C(O)C(O)C1O. The lowest BCUT2D eigenvalue weighted by Gasteiger charge is -2.39. The minimum Gasteiger partial charge on any atom is -0.394 e. The van der Waals surface area contributed by atoms with Crippen molar-refractivity contribution in [2.45, 2.75) is 127 Å². The summed E-state index contributed by atoms with van der Waals surface area (Å²) in [5.74, 6) is 0. The van der Waals surface area contributed by atoms with E-state index in [4.69, 9.17) is 15.2 Å². The zero-order valence-electron chi connectivity index (χ0n) is 19.7. The Hall–Kier alpha value is -0.580. The second kappa shape index (κ2) is 17.8. The van der Waals surface area contributed by atoms with Crippen LogP contribution in [0.3, 0.4) is 0 Å². The Morgan fingerprint density at radius 1 is 0.875 bits per heavy atom. The van der Waals surface area contributed by atoms with E-state index < -0.39 is 49.5 Å². The van der Waals surface area contributed by atoms with Crippen molar-refractivity contribution < 1.29 is 35.0 Å². The molecule has 32 heavy (non-hydrogen) atoms. The third kappa shape index (κ3) is 11.5. The molecular weight excluding hydrogens is 414 g/mol.